The van der Waals surface area contributed by atoms with Crippen molar-refractivity contribution in [3.63, 3.8) is 0 Å². The maximum Gasteiger partial charge on any atom is 0.319 e. The molecule has 0 amide bonds. The molecular weight excluding hydrogens is 680 g/mol. The second kappa shape index (κ2) is 13.5. The van der Waals surface area contributed by atoms with Crippen molar-refractivity contribution in [2.75, 3.05) is 50.1 Å². The lowest BCUT2D eigenvalue weighted by atomic mass is 9.73. The molecule has 15 heteroatoms. The highest BCUT2D eigenvalue weighted by molar-refractivity contribution is 7.23. The van der Waals surface area contributed by atoms with Crippen LogP contribution in [0.15, 0.2) is 36.5 Å². The van der Waals surface area contributed by atoms with Crippen LogP contribution in [0.3, 0.4) is 0 Å². The molecule has 49 heavy (non-hydrogen) atoms. The number of alkyl halides is 2. The Morgan fingerprint density at radius 3 is 2.73 bits per heavy atom. The summed E-state index contributed by atoms with van der Waals surface area (Å²) in [4.78, 5) is 15.1. The minimum atomic E-state index is -2.56. The van der Waals surface area contributed by atoms with E-state index >= 15 is 4.39 Å². The van der Waals surface area contributed by atoms with E-state index in [0.29, 0.717) is 18.9 Å². The van der Waals surface area contributed by atoms with E-state index in [-0.39, 0.29) is 85.0 Å². The standard InChI is InChI=1S/C34H33ClF4N8OS/c1-16(17-5-4-9-43-30(17)41)13-44-32-19-11-22(35)25(18-6-7-23(36)28-24(18)20(12-40)31(42)49-28)26(37)27(19)45-33(46-32)48-15-34(2)14-47(3)10-8-21(34)29(38)39/h4-7,9,11,16,21,29H,8,10,13-15,42H2,1-3H3,(H2,41,43)(H,44,45,46)/t16-,21-,34+/m0/s1. The van der Waals surface area contributed by atoms with E-state index in [0.717, 1.165) is 23.0 Å². The Labute approximate surface area is 288 Å². The normalized spacial score (nSPS) is 19.0. The van der Waals surface area contributed by atoms with Crippen molar-refractivity contribution < 1.29 is 22.3 Å². The number of nitriles is 1. The maximum atomic E-state index is 16.9. The molecule has 1 aliphatic heterocycles. The van der Waals surface area contributed by atoms with Gasteiger partial charge >= 0.3 is 6.01 Å². The summed E-state index contributed by atoms with van der Waals surface area (Å²) in [5.74, 6) is -2.04. The fourth-order valence-corrected chi connectivity index (χ4v) is 7.91. The van der Waals surface area contributed by atoms with Gasteiger partial charge in [0.05, 0.1) is 21.9 Å². The summed E-state index contributed by atoms with van der Waals surface area (Å²) in [5.41, 5.74) is 11.8. The first kappa shape index (κ1) is 34.4. The second-order valence-corrected chi connectivity index (χ2v) is 14.2. The Bertz CT molecular complexity index is 2110. The van der Waals surface area contributed by atoms with Crippen molar-refractivity contribution in [2.45, 2.75) is 32.6 Å². The average Bonchev–Trinajstić information content (AvgIpc) is 3.40. The van der Waals surface area contributed by atoms with Crippen molar-refractivity contribution in [3.05, 3.63) is 64.3 Å². The number of aromatic nitrogens is 3. The van der Waals surface area contributed by atoms with Gasteiger partial charge in [0, 0.05) is 52.9 Å². The Balaban J connectivity index is 1.47. The SMILES string of the molecule is C[C@@H](CNc1nc(OC[C@@]2(C)CN(C)CC[C@H]2C(F)F)nc2c(F)c(-c3ccc(F)c4sc(N)c(C#N)c34)c(Cl)cc12)c1cccnc1N. The van der Waals surface area contributed by atoms with Crippen LogP contribution in [0.25, 0.3) is 32.1 Å². The molecule has 9 nitrogen and oxygen atoms in total. The van der Waals surface area contributed by atoms with Crippen LogP contribution >= 0.6 is 22.9 Å². The van der Waals surface area contributed by atoms with E-state index < -0.39 is 29.4 Å². The van der Waals surface area contributed by atoms with E-state index in [1.807, 2.05) is 31.0 Å². The zero-order valence-electron chi connectivity index (χ0n) is 26.8. The average molecular weight is 713 g/mol. The van der Waals surface area contributed by atoms with Crippen LogP contribution in [0.2, 0.25) is 5.02 Å². The van der Waals surface area contributed by atoms with Gasteiger partial charge in [-0.15, -0.1) is 11.3 Å². The van der Waals surface area contributed by atoms with Crippen molar-refractivity contribution in [3.8, 4) is 23.2 Å². The Morgan fingerprint density at radius 1 is 1.24 bits per heavy atom. The van der Waals surface area contributed by atoms with E-state index in [4.69, 9.17) is 27.8 Å². The van der Waals surface area contributed by atoms with Gasteiger partial charge in [0.25, 0.3) is 0 Å². The molecule has 5 aromatic rings. The molecule has 1 fully saturated rings. The number of pyridine rings is 1. The summed E-state index contributed by atoms with van der Waals surface area (Å²) < 4.78 is 66.1. The number of likely N-dealkylation sites (tertiary alicyclic amines) is 1. The molecule has 1 aliphatic rings. The molecule has 2 aromatic carbocycles. The number of benzene rings is 2. The molecule has 0 aliphatic carbocycles. The molecule has 5 N–H and O–H groups in total. The smallest absolute Gasteiger partial charge is 0.319 e. The fraction of sp³-hybridized carbons (Fsp3) is 0.353. The number of nitrogens with two attached hydrogens (primary N) is 2. The van der Waals surface area contributed by atoms with Crippen molar-refractivity contribution in [1.82, 2.24) is 19.9 Å². The first-order chi connectivity index (χ1) is 23.3. The molecule has 3 atom stereocenters. The lowest BCUT2D eigenvalue weighted by Crippen LogP contribution is -2.51. The fourth-order valence-electron chi connectivity index (χ4n) is 6.67. The molecule has 256 valence electrons. The molecule has 0 bridgehead atoms. The van der Waals surface area contributed by atoms with Crippen LogP contribution in [0.1, 0.15) is 37.3 Å². The second-order valence-electron chi connectivity index (χ2n) is 12.7. The van der Waals surface area contributed by atoms with Gasteiger partial charge in [-0.25, -0.2) is 22.5 Å². The third kappa shape index (κ3) is 6.38. The first-order valence-corrected chi connectivity index (χ1v) is 16.7. The molecule has 6 rings (SSSR count). The zero-order valence-corrected chi connectivity index (χ0v) is 28.4. The van der Waals surface area contributed by atoms with Gasteiger partial charge in [-0.2, -0.15) is 15.2 Å². The summed E-state index contributed by atoms with van der Waals surface area (Å²) >= 11 is 7.64. The molecule has 0 spiro atoms. The number of piperidine rings is 1. The van der Waals surface area contributed by atoms with Crippen LogP contribution in [-0.2, 0) is 0 Å². The summed E-state index contributed by atoms with van der Waals surface area (Å²) in [6.45, 7) is 4.68. The Hall–Kier alpha value is -4.45. The highest BCUT2D eigenvalue weighted by atomic mass is 35.5. The van der Waals surface area contributed by atoms with E-state index in [2.05, 4.69) is 20.3 Å². The number of anilines is 3. The number of nitrogen functional groups attached to an aromatic ring is 2. The van der Waals surface area contributed by atoms with Crippen LogP contribution in [0.5, 0.6) is 6.01 Å². The number of hydrogen-bond acceptors (Lipinski definition) is 10. The van der Waals surface area contributed by atoms with Crippen LogP contribution in [-0.4, -0.2) is 59.6 Å². The lowest BCUT2D eigenvalue weighted by molar-refractivity contribution is -0.0679. The van der Waals surface area contributed by atoms with E-state index in [1.54, 1.807) is 19.2 Å². The first-order valence-electron chi connectivity index (χ1n) is 15.5. The summed E-state index contributed by atoms with van der Waals surface area (Å²) in [7, 11) is 1.86. The predicted octanol–water partition coefficient (Wildman–Crippen LogP) is 7.69. The summed E-state index contributed by atoms with van der Waals surface area (Å²) in [6.07, 6.45) is -0.683. The molecule has 0 radical (unpaired) electrons. The van der Waals surface area contributed by atoms with Crippen LogP contribution in [0.4, 0.5) is 34.2 Å². The van der Waals surface area contributed by atoms with Gasteiger partial charge in [-0.1, -0.05) is 37.6 Å². The number of nitrogens with zero attached hydrogens (tertiary/aromatic N) is 5. The molecule has 3 aromatic heterocycles. The zero-order chi connectivity index (χ0) is 35.2. The Morgan fingerprint density at radius 2 is 2.02 bits per heavy atom. The number of thiophene rings is 1. The molecule has 4 heterocycles. The van der Waals surface area contributed by atoms with Crippen molar-refractivity contribution in [2.24, 2.45) is 11.3 Å². The Kier molecular flexibility index (Phi) is 9.45. The number of ether oxygens (including phenoxy) is 1. The number of halogens is 5. The quantitative estimate of drug-likeness (QED) is 0.131. The topological polar surface area (TPSA) is 139 Å². The summed E-state index contributed by atoms with van der Waals surface area (Å²) in [5, 5.41) is 13.4. The number of nitrogens with one attached hydrogen (secondary N) is 1. The largest absolute Gasteiger partial charge is 0.463 e. The van der Waals surface area contributed by atoms with Gasteiger partial charge < -0.3 is 26.4 Å². The van der Waals surface area contributed by atoms with Gasteiger partial charge in [0.15, 0.2) is 5.82 Å². The van der Waals surface area contributed by atoms with Gasteiger partial charge in [-0.05, 0) is 49.3 Å². The highest BCUT2D eigenvalue weighted by Gasteiger charge is 2.44. The van der Waals surface area contributed by atoms with E-state index in [1.165, 1.54) is 12.1 Å². The van der Waals surface area contributed by atoms with Gasteiger partial charge in [0.1, 0.15) is 34.0 Å². The summed E-state index contributed by atoms with van der Waals surface area (Å²) in [6, 6.07) is 9.34. The van der Waals surface area contributed by atoms with Crippen molar-refractivity contribution in [1.29, 1.82) is 5.26 Å². The predicted molar refractivity (Wildman–Crippen MR) is 185 cm³/mol. The van der Waals surface area contributed by atoms with Crippen LogP contribution < -0.4 is 21.5 Å². The third-order valence-corrected chi connectivity index (χ3v) is 10.5. The van der Waals surface area contributed by atoms with Gasteiger partial charge in [-0.3, -0.25) is 0 Å². The van der Waals surface area contributed by atoms with Crippen LogP contribution in [0, 0.1) is 34.3 Å². The molecule has 0 unspecified atom stereocenters. The highest BCUT2D eigenvalue weighted by Crippen LogP contribution is 2.46. The molecule has 0 saturated carbocycles. The third-order valence-electron chi connectivity index (χ3n) is 9.22. The monoisotopic (exact) mass is 712 g/mol. The molecule has 1 saturated heterocycles. The lowest BCUT2D eigenvalue weighted by Gasteiger charge is -2.44. The van der Waals surface area contributed by atoms with E-state index in [9.17, 15) is 18.4 Å². The minimum Gasteiger partial charge on any atom is -0.463 e. The van der Waals surface area contributed by atoms with Crippen molar-refractivity contribution >= 4 is 60.6 Å². The number of rotatable bonds is 9. The minimum absolute atomic E-state index is 0.00192. The van der Waals surface area contributed by atoms with Gasteiger partial charge in [0.2, 0.25) is 6.43 Å². The number of hydrogen-bond donors (Lipinski definition) is 3. The molecular formula is C34H33ClF4N8OS. The maximum absolute atomic E-state index is 16.9. The number of fused-ring (bicyclic) bond motifs is 2.